The van der Waals surface area contributed by atoms with E-state index in [-0.39, 0.29) is 17.3 Å². The maximum Gasteiger partial charge on any atom is 0.243 e. The zero-order chi connectivity index (χ0) is 15.9. The van der Waals surface area contributed by atoms with Gasteiger partial charge in [0.25, 0.3) is 0 Å². The highest BCUT2D eigenvalue weighted by Gasteiger charge is 2.25. The molecule has 7 heteroatoms. The summed E-state index contributed by atoms with van der Waals surface area (Å²) in [6.07, 6.45) is 1.33. The Bertz CT molecular complexity index is 558. The van der Waals surface area contributed by atoms with Gasteiger partial charge in [-0.2, -0.15) is 4.31 Å². The summed E-state index contributed by atoms with van der Waals surface area (Å²) in [7, 11) is -2.17. The lowest BCUT2D eigenvalue weighted by atomic mass is 10.2. The number of hydrogen-bond donors (Lipinski definition) is 1. The lowest BCUT2D eigenvalue weighted by Gasteiger charge is -2.20. The van der Waals surface area contributed by atoms with Crippen LogP contribution >= 0.6 is 11.6 Å². The second kappa shape index (κ2) is 8.36. The van der Waals surface area contributed by atoms with Crippen LogP contribution in [-0.4, -0.2) is 44.6 Å². The van der Waals surface area contributed by atoms with Gasteiger partial charge in [-0.05, 0) is 30.5 Å². The normalized spacial score (nSPS) is 11.6. The minimum absolute atomic E-state index is 0.171. The van der Waals surface area contributed by atoms with E-state index >= 15 is 0 Å². The molecule has 0 aliphatic heterocycles. The number of nitrogens with zero attached hydrogens (tertiary/aromatic N) is 1. The maximum atomic E-state index is 12.6. The fourth-order valence-electron chi connectivity index (χ4n) is 1.86. The number of alkyl halides is 1. The summed E-state index contributed by atoms with van der Waals surface area (Å²) < 4.78 is 26.3. The standard InChI is InChI=1S/C14H21ClN2O3S/c1-3-10-17(11-14(18)16-2)21(19,20)13-6-4-12(5-7-13)8-9-15/h4-7H,3,8-11H2,1-2H3,(H,16,18). The zero-order valence-corrected chi connectivity index (χ0v) is 13.9. The molecular formula is C14H21ClN2O3S. The first-order valence-electron chi connectivity index (χ1n) is 6.81. The zero-order valence-electron chi connectivity index (χ0n) is 12.3. The van der Waals surface area contributed by atoms with Crippen LogP contribution in [0, 0.1) is 0 Å². The molecule has 0 spiro atoms. The largest absolute Gasteiger partial charge is 0.358 e. The lowest BCUT2D eigenvalue weighted by Crippen LogP contribution is -2.40. The van der Waals surface area contributed by atoms with Gasteiger partial charge < -0.3 is 5.32 Å². The van der Waals surface area contributed by atoms with E-state index in [1.165, 1.54) is 11.4 Å². The van der Waals surface area contributed by atoms with Crippen LogP contribution in [0.15, 0.2) is 29.2 Å². The van der Waals surface area contributed by atoms with Crippen molar-refractivity contribution in [3.63, 3.8) is 0 Å². The van der Waals surface area contributed by atoms with E-state index in [0.717, 1.165) is 5.56 Å². The molecular weight excluding hydrogens is 312 g/mol. The monoisotopic (exact) mass is 332 g/mol. The van der Waals surface area contributed by atoms with Gasteiger partial charge in [0.15, 0.2) is 0 Å². The average molecular weight is 333 g/mol. The topological polar surface area (TPSA) is 66.5 Å². The molecule has 0 aromatic heterocycles. The first kappa shape index (κ1) is 17.9. The molecule has 0 saturated heterocycles. The van der Waals surface area contributed by atoms with Crippen molar-refractivity contribution < 1.29 is 13.2 Å². The Labute approximate surface area is 131 Å². The smallest absolute Gasteiger partial charge is 0.243 e. The highest BCUT2D eigenvalue weighted by molar-refractivity contribution is 7.89. The summed E-state index contributed by atoms with van der Waals surface area (Å²) in [6.45, 7) is 2.01. The van der Waals surface area contributed by atoms with E-state index in [1.54, 1.807) is 24.3 Å². The third-order valence-electron chi connectivity index (χ3n) is 3.02. The van der Waals surface area contributed by atoms with E-state index in [9.17, 15) is 13.2 Å². The average Bonchev–Trinajstić information content (AvgIpc) is 2.47. The number of carbonyl (C=O) groups excluding carboxylic acids is 1. The molecule has 0 radical (unpaired) electrons. The Morgan fingerprint density at radius 3 is 2.38 bits per heavy atom. The molecule has 0 aliphatic carbocycles. The maximum absolute atomic E-state index is 12.6. The molecule has 1 amide bonds. The SMILES string of the molecule is CCCN(CC(=O)NC)S(=O)(=O)c1ccc(CCCl)cc1. The number of aryl methyl sites for hydroxylation is 1. The van der Waals surface area contributed by atoms with Gasteiger partial charge >= 0.3 is 0 Å². The molecule has 0 fully saturated rings. The Hall–Kier alpha value is -1.11. The second-order valence-corrected chi connectivity index (χ2v) is 6.91. The number of benzene rings is 1. The van der Waals surface area contributed by atoms with E-state index in [4.69, 9.17) is 11.6 Å². The minimum atomic E-state index is -3.66. The van der Waals surface area contributed by atoms with Crippen molar-refractivity contribution in [3.05, 3.63) is 29.8 Å². The number of likely N-dealkylation sites (N-methyl/N-ethyl adjacent to an activating group) is 1. The summed E-state index contributed by atoms with van der Waals surface area (Å²) in [5.74, 6) is 0.163. The molecule has 0 aliphatic rings. The second-order valence-electron chi connectivity index (χ2n) is 4.59. The molecule has 0 saturated carbocycles. The van der Waals surface area contributed by atoms with Crippen molar-refractivity contribution in [2.24, 2.45) is 0 Å². The summed E-state index contributed by atoms with van der Waals surface area (Å²) in [6, 6.07) is 6.62. The van der Waals surface area contributed by atoms with E-state index < -0.39 is 10.0 Å². The number of rotatable bonds is 8. The van der Waals surface area contributed by atoms with Crippen molar-refractivity contribution in [1.82, 2.24) is 9.62 Å². The van der Waals surface area contributed by atoms with Crippen LogP contribution in [0.5, 0.6) is 0 Å². The van der Waals surface area contributed by atoms with E-state index in [1.807, 2.05) is 6.92 Å². The van der Waals surface area contributed by atoms with E-state index in [0.29, 0.717) is 25.3 Å². The van der Waals surface area contributed by atoms with Gasteiger partial charge in [0.2, 0.25) is 15.9 Å². The van der Waals surface area contributed by atoms with Gasteiger partial charge in [0, 0.05) is 19.5 Å². The number of nitrogens with one attached hydrogen (secondary N) is 1. The number of hydrogen-bond acceptors (Lipinski definition) is 3. The van der Waals surface area contributed by atoms with Crippen LogP contribution < -0.4 is 5.32 Å². The van der Waals surface area contributed by atoms with Gasteiger partial charge in [-0.1, -0.05) is 19.1 Å². The quantitative estimate of drug-likeness (QED) is 0.735. The molecule has 1 N–H and O–H groups in total. The number of carbonyl (C=O) groups is 1. The highest BCUT2D eigenvalue weighted by atomic mass is 35.5. The van der Waals surface area contributed by atoms with Crippen LogP contribution in [0.1, 0.15) is 18.9 Å². The van der Waals surface area contributed by atoms with Crippen LogP contribution in [0.4, 0.5) is 0 Å². The fourth-order valence-corrected chi connectivity index (χ4v) is 3.57. The Balaban J connectivity index is 3.01. The molecule has 118 valence electrons. The number of amides is 1. The number of sulfonamides is 1. The molecule has 0 bridgehead atoms. The Morgan fingerprint density at radius 1 is 1.29 bits per heavy atom. The summed E-state index contributed by atoms with van der Waals surface area (Å²) in [4.78, 5) is 11.7. The molecule has 1 rings (SSSR count). The highest BCUT2D eigenvalue weighted by Crippen LogP contribution is 2.17. The first-order chi connectivity index (χ1) is 9.95. The molecule has 5 nitrogen and oxygen atoms in total. The number of halogens is 1. The molecule has 21 heavy (non-hydrogen) atoms. The van der Waals surface area contributed by atoms with Gasteiger partial charge in [-0.3, -0.25) is 4.79 Å². The fraction of sp³-hybridized carbons (Fsp3) is 0.500. The molecule has 1 aromatic carbocycles. The minimum Gasteiger partial charge on any atom is -0.358 e. The summed E-state index contributed by atoms with van der Waals surface area (Å²) in [5, 5.41) is 2.44. The molecule has 0 heterocycles. The molecule has 0 atom stereocenters. The Kier molecular flexibility index (Phi) is 7.14. The van der Waals surface area contributed by atoms with Crippen molar-refractivity contribution in [2.45, 2.75) is 24.7 Å². The summed E-state index contributed by atoms with van der Waals surface area (Å²) in [5.41, 5.74) is 0.984. The third kappa shape index (κ3) is 4.98. The van der Waals surface area contributed by atoms with E-state index in [2.05, 4.69) is 5.32 Å². The van der Waals surface area contributed by atoms with Crippen molar-refractivity contribution in [1.29, 1.82) is 0 Å². The Morgan fingerprint density at radius 2 is 1.90 bits per heavy atom. The van der Waals surface area contributed by atoms with Gasteiger partial charge in [-0.25, -0.2) is 8.42 Å². The van der Waals surface area contributed by atoms with Crippen LogP contribution in [0.25, 0.3) is 0 Å². The summed E-state index contributed by atoms with van der Waals surface area (Å²) >= 11 is 5.66. The third-order valence-corrected chi connectivity index (χ3v) is 5.06. The molecule has 0 unspecified atom stereocenters. The predicted octanol–water partition coefficient (Wildman–Crippen LogP) is 1.61. The van der Waals surface area contributed by atoms with Crippen LogP contribution in [0.3, 0.4) is 0 Å². The van der Waals surface area contributed by atoms with Gasteiger partial charge in [0.05, 0.1) is 11.4 Å². The van der Waals surface area contributed by atoms with Crippen LogP contribution in [0.2, 0.25) is 0 Å². The lowest BCUT2D eigenvalue weighted by molar-refractivity contribution is -0.120. The van der Waals surface area contributed by atoms with Gasteiger partial charge in [0.1, 0.15) is 0 Å². The van der Waals surface area contributed by atoms with Crippen LogP contribution in [-0.2, 0) is 21.2 Å². The van der Waals surface area contributed by atoms with Crippen molar-refractivity contribution in [3.8, 4) is 0 Å². The van der Waals surface area contributed by atoms with Crippen molar-refractivity contribution >= 4 is 27.5 Å². The van der Waals surface area contributed by atoms with Crippen molar-refractivity contribution in [2.75, 3.05) is 26.0 Å². The first-order valence-corrected chi connectivity index (χ1v) is 8.78. The molecule has 1 aromatic rings. The van der Waals surface area contributed by atoms with Gasteiger partial charge in [-0.15, -0.1) is 11.6 Å². The predicted molar refractivity (Wildman–Crippen MR) is 84.0 cm³/mol.